The number of H-pyrrole nitrogens is 1. The number of aromatic hydroxyl groups is 1. The lowest BCUT2D eigenvalue weighted by atomic mass is 9.86. The summed E-state index contributed by atoms with van der Waals surface area (Å²) in [6.07, 6.45) is 1.74. The molecule has 0 fully saturated rings. The molecule has 2 unspecified atom stereocenters. The number of aromatic nitrogens is 1. The molecule has 3 aromatic carbocycles. The van der Waals surface area contributed by atoms with Crippen molar-refractivity contribution in [3.63, 3.8) is 0 Å². The summed E-state index contributed by atoms with van der Waals surface area (Å²) in [5.41, 5.74) is -0.585. The molecule has 0 aliphatic rings. The summed E-state index contributed by atoms with van der Waals surface area (Å²) in [7, 11) is 3.76. The molecule has 0 amide bonds. The number of pyridine rings is 1. The van der Waals surface area contributed by atoms with E-state index in [1.165, 1.54) is 12.1 Å². The van der Waals surface area contributed by atoms with Gasteiger partial charge in [-0.1, -0.05) is 48.5 Å². The summed E-state index contributed by atoms with van der Waals surface area (Å²) in [6, 6.07) is 21.7. The molecule has 1 heterocycles. The number of phenols is 1. The van der Waals surface area contributed by atoms with Crippen molar-refractivity contribution in [1.82, 2.24) is 15.2 Å². The van der Waals surface area contributed by atoms with Gasteiger partial charge in [0, 0.05) is 30.1 Å². The standard InChI is InChI=1S/C34H41N3O7/c1-37(2)19-21-44-33(41)34(42,24-10-5-3-6-11-24)25-12-9-13-26(22-25)43-20-8-4-7-18-35-23-30(39)27-14-16-29(38)32-28(27)15-17-31(40)36-32/h3,5-6,9-17,22,30,35,38-39,42H,4,7-8,18-21,23H2,1-2H3,(H,36,40). The molecule has 1 aromatic heterocycles. The first-order valence-corrected chi connectivity index (χ1v) is 14.8. The number of benzene rings is 3. The van der Waals surface area contributed by atoms with E-state index in [0.717, 1.165) is 19.3 Å². The summed E-state index contributed by atoms with van der Waals surface area (Å²) in [6.45, 7) is 2.17. The van der Waals surface area contributed by atoms with Crippen molar-refractivity contribution in [3.8, 4) is 11.5 Å². The topological polar surface area (TPSA) is 144 Å². The van der Waals surface area contributed by atoms with Crippen LogP contribution in [-0.2, 0) is 15.1 Å². The van der Waals surface area contributed by atoms with E-state index in [2.05, 4.69) is 10.3 Å². The van der Waals surface area contributed by atoms with Gasteiger partial charge < -0.3 is 40.0 Å². The number of esters is 1. The van der Waals surface area contributed by atoms with Crippen molar-refractivity contribution < 1.29 is 29.6 Å². The fraction of sp³-hybridized carbons (Fsp3) is 0.353. The van der Waals surface area contributed by atoms with Crippen LogP contribution in [-0.4, -0.2) is 78.1 Å². The zero-order valence-corrected chi connectivity index (χ0v) is 25.2. The molecule has 0 aliphatic carbocycles. The van der Waals surface area contributed by atoms with E-state index in [9.17, 15) is 24.9 Å². The molecule has 0 saturated heterocycles. The number of hydrogen-bond acceptors (Lipinski definition) is 9. The Morgan fingerprint density at radius 3 is 2.50 bits per heavy atom. The Labute approximate surface area is 256 Å². The number of nitrogens with zero attached hydrogens (tertiary/aromatic N) is 1. The molecule has 2 atom stereocenters. The zero-order valence-electron chi connectivity index (χ0n) is 25.2. The number of fused-ring (bicyclic) bond motifs is 1. The van der Waals surface area contributed by atoms with Gasteiger partial charge in [-0.3, -0.25) is 4.79 Å². The van der Waals surface area contributed by atoms with E-state index in [-0.39, 0.29) is 17.9 Å². The zero-order chi connectivity index (χ0) is 31.5. The predicted molar refractivity (Wildman–Crippen MR) is 169 cm³/mol. The van der Waals surface area contributed by atoms with Crippen LogP contribution in [0.15, 0.2) is 83.7 Å². The molecule has 0 saturated carbocycles. The number of phenolic OH excluding ortho intramolecular Hbond substituents is 1. The molecule has 0 radical (unpaired) electrons. The molecule has 44 heavy (non-hydrogen) atoms. The molecular weight excluding hydrogens is 562 g/mol. The molecule has 5 N–H and O–H groups in total. The normalized spacial score (nSPS) is 13.5. The maximum atomic E-state index is 13.2. The first kappa shape index (κ1) is 32.7. The number of carbonyl (C=O) groups excluding carboxylic acids is 1. The first-order chi connectivity index (χ1) is 21.2. The summed E-state index contributed by atoms with van der Waals surface area (Å²) in [5, 5.41) is 36.3. The minimum Gasteiger partial charge on any atom is -0.506 e. The Morgan fingerprint density at radius 1 is 0.955 bits per heavy atom. The summed E-state index contributed by atoms with van der Waals surface area (Å²) < 4.78 is 11.4. The molecule has 4 aromatic rings. The monoisotopic (exact) mass is 603 g/mol. The number of rotatable bonds is 16. The van der Waals surface area contributed by atoms with Gasteiger partial charge in [-0.05, 0) is 75.3 Å². The minimum atomic E-state index is -1.98. The van der Waals surface area contributed by atoms with Gasteiger partial charge >= 0.3 is 5.97 Å². The SMILES string of the molecule is CN(C)CCOC(=O)C(O)(c1ccccc1)c1cccc(OCCCCCNCC(O)c2ccc(O)c3[nH]c(=O)ccc23)c1. The highest BCUT2D eigenvalue weighted by Gasteiger charge is 2.42. The molecule has 4 rings (SSSR count). The highest BCUT2D eigenvalue weighted by molar-refractivity contribution is 5.87. The predicted octanol–water partition coefficient (Wildman–Crippen LogP) is 3.45. The third kappa shape index (κ3) is 8.23. The molecule has 0 aliphatic heterocycles. The van der Waals surface area contributed by atoms with Crippen LogP contribution in [0.4, 0.5) is 0 Å². The second-order valence-corrected chi connectivity index (χ2v) is 11.0. The van der Waals surface area contributed by atoms with Crippen LogP contribution in [0.5, 0.6) is 11.5 Å². The van der Waals surface area contributed by atoms with Crippen LogP contribution in [0.2, 0.25) is 0 Å². The maximum absolute atomic E-state index is 13.2. The van der Waals surface area contributed by atoms with Crippen LogP contribution in [0.25, 0.3) is 10.9 Å². The molecule has 0 spiro atoms. The molecule has 0 bridgehead atoms. The quantitative estimate of drug-likeness (QED) is 0.0961. The Kier molecular flexibility index (Phi) is 11.5. The number of unbranched alkanes of at least 4 members (excludes halogenated alkanes) is 2. The Bertz CT molecular complexity index is 1570. The lowest BCUT2D eigenvalue weighted by Crippen LogP contribution is -2.39. The van der Waals surface area contributed by atoms with E-state index < -0.39 is 17.7 Å². The third-order valence-electron chi connectivity index (χ3n) is 7.38. The maximum Gasteiger partial charge on any atom is 0.347 e. The number of likely N-dealkylation sites (N-methyl/N-ethyl adjacent to an activating group) is 1. The second kappa shape index (κ2) is 15.5. The summed E-state index contributed by atoms with van der Waals surface area (Å²) in [4.78, 5) is 29.3. The van der Waals surface area contributed by atoms with E-state index in [0.29, 0.717) is 59.6 Å². The van der Waals surface area contributed by atoms with Gasteiger partial charge in [0.2, 0.25) is 11.2 Å². The smallest absolute Gasteiger partial charge is 0.347 e. The van der Waals surface area contributed by atoms with E-state index in [4.69, 9.17) is 9.47 Å². The Morgan fingerprint density at radius 2 is 1.73 bits per heavy atom. The van der Waals surface area contributed by atoms with Crippen molar-refractivity contribution >= 4 is 16.9 Å². The molecule has 234 valence electrons. The number of carbonyl (C=O) groups is 1. The van der Waals surface area contributed by atoms with Gasteiger partial charge in [0.05, 0.1) is 18.2 Å². The average molecular weight is 604 g/mol. The van der Waals surface area contributed by atoms with Crippen LogP contribution < -0.4 is 15.6 Å². The third-order valence-corrected chi connectivity index (χ3v) is 7.38. The van der Waals surface area contributed by atoms with Crippen molar-refractivity contribution in [1.29, 1.82) is 0 Å². The first-order valence-electron chi connectivity index (χ1n) is 14.8. The van der Waals surface area contributed by atoms with E-state index >= 15 is 0 Å². The number of ether oxygens (including phenoxy) is 2. The highest BCUT2D eigenvalue weighted by Crippen LogP contribution is 2.33. The number of aliphatic hydroxyl groups excluding tert-OH is 1. The molecule has 10 heteroatoms. The largest absolute Gasteiger partial charge is 0.506 e. The van der Waals surface area contributed by atoms with Gasteiger partial charge in [-0.25, -0.2) is 4.79 Å². The number of nitrogens with one attached hydrogen (secondary N) is 2. The van der Waals surface area contributed by atoms with Crippen LogP contribution >= 0.6 is 0 Å². The number of hydrogen-bond donors (Lipinski definition) is 5. The fourth-order valence-electron chi connectivity index (χ4n) is 4.94. The number of aromatic amines is 1. The van der Waals surface area contributed by atoms with Gasteiger partial charge in [0.25, 0.3) is 0 Å². The van der Waals surface area contributed by atoms with Gasteiger partial charge in [-0.15, -0.1) is 0 Å². The van der Waals surface area contributed by atoms with Crippen LogP contribution in [0.1, 0.15) is 42.1 Å². The molecule has 10 nitrogen and oxygen atoms in total. The van der Waals surface area contributed by atoms with E-state index in [1.807, 2.05) is 25.1 Å². The van der Waals surface area contributed by atoms with Crippen LogP contribution in [0.3, 0.4) is 0 Å². The highest BCUT2D eigenvalue weighted by atomic mass is 16.5. The minimum absolute atomic E-state index is 0.0412. The fourth-order valence-corrected chi connectivity index (χ4v) is 4.94. The lowest BCUT2D eigenvalue weighted by molar-refractivity contribution is -0.162. The second-order valence-electron chi connectivity index (χ2n) is 11.0. The van der Waals surface area contributed by atoms with Crippen molar-refractivity contribution in [3.05, 3.63) is 106 Å². The Balaban J connectivity index is 1.25. The van der Waals surface area contributed by atoms with Crippen molar-refractivity contribution in [2.75, 3.05) is 46.9 Å². The van der Waals surface area contributed by atoms with Gasteiger partial charge in [0.15, 0.2) is 0 Å². The van der Waals surface area contributed by atoms with Crippen molar-refractivity contribution in [2.24, 2.45) is 0 Å². The summed E-state index contributed by atoms with van der Waals surface area (Å²) >= 11 is 0. The van der Waals surface area contributed by atoms with Crippen molar-refractivity contribution in [2.45, 2.75) is 31.0 Å². The van der Waals surface area contributed by atoms with Gasteiger partial charge in [0.1, 0.15) is 18.1 Å². The number of aliphatic hydroxyl groups is 2. The van der Waals surface area contributed by atoms with E-state index in [1.54, 1.807) is 60.7 Å². The Hall–Kier alpha value is -4.22. The average Bonchev–Trinajstić information content (AvgIpc) is 3.02. The van der Waals surface area contributed by atoms with Crippen LogP contribution in [0, 0.1) is 0 Å². The summed E-state index contributed by atoms with van der Waals surface area (Å²) in [5.74, 6) is -0.240. The lowest BCUT2D eigenvalue weighted by Gasteiger charge is -2.27. The molecular formula is C34H41N3O7. The van der Waals surface area contributed by atoms with Gasteiger partial charge in [-0.2, -0.15) is 0 Å².